The van der Waals surface area contributed by atoms with Crippen LogP contribution in [0.3, 0.4) is 0 Å². The summed E-state index contributed by atoms with van der Waals surface area (Å²) >= 11 is 7.71. The Bertz CT molecular complexity index is 1220. The Morgan fingerprint density at radius 1 is 1.07 bits per heavy atom. The number of amides is 1. The molecule has 4 aromatic rings. The number of aryl methyl sites for hydroxylation is 3. The Hall–Kier alpha value is -2.76. The summed E-state index contributed by atoms with van der Waals surface area (Å²) in [5.41, 5.74) is 6.03. The van der Waals surface area contributed by atoms with Crippen LogP contribution in [0, 0.1) is 20.8 Å². The molecule has 0 spiro atoms. The molecule has 0 atom stereocenters. The summed E-state index contributed by atoms with van der Waals surface area (Å²) in [7, 11) is 0. The highest BCUT2D eigenvalue weighted by molar-refractivity contribution is 7.22. The zero-order valence-electron chi connectivity index (χ0n) is 17.1. The molecule has 0 bridgehead atoms. The van der Waals surface area contributed by atoms with Crippen LogP contribution in [0.1, 0.15) is 27.9 Å². The molecule has 2 aromatic heterocycles. The van der Waals surface area contributed by atoms with E-state index in [1.54, 1.807) is 11.1 Å². The molecule has 0 saturated heterocycles. The zero-order valence-corrected chi connectivity index (χ0v) is 18.7. The highest BCUT2D eigenvalue weighted by atomic mass is 35.5. The highest BCUT2D eigenvalue weighted by Crippen LogP contribution is 2.34. The third kappa shape index (κ3) is 4.37. The van der Waals surface area contributed by atoms with E-state index in [1.807, 2.05) is 56.3 Å². The van der Waals surface area contributed by atoms with Gasteiger partial charge < -0.3 is 0 Å². The van der Waals surface area contributed by atoms with Gasteiger partial charge in [0.15, 0.2) is 5.13 Å². The van der Waals surface area contributed by atoms with E-state index in [1.165, 1.54) is 16.9 Å². The van der Waals surface area contributed by atoms with Crippen molar-refractivity contribution in [2.45, 2.75) is 33.7 Å². The molecule has 4 rings (SSSR count). The third-order valence-electron chi connectivity index (χ3n) is 5.06. The van der Waals surface area contributed by atoms with Crippen molar-refractivity contribution in [3.8, 4) is 0 Å². The van der Waals surface area contributed by atoms with Crippen molar-refractivity contribution in [3.63, 3.8) is 0 Å². The zero-order chi connectivity index (χ0) is 21.3. The van der Waals surface area contributed by atoms with Crippen LogP contribution in [0.5, 0.6) is 0 Å². The van der Waals surface area contributed by atoms with Crippen molar-refractivity contribution in [3.05, 3.63) is 87.7 Å². The number of aromatic nitrogens is 2. The molecule has 4 nitrogen and oxygen atoms in total. The minimum atomic E-state index is -0.00425. The molecule has 0 N–H and O–H groups in total. The van der Waals surface area contributed by atoms with Crippen molar-refractivity contribution in [1.29, 1.82) is 0 Å². The number of carbonyl (C=O) groups is 1. The lowest BCUT2D eigenvalue weighted by molar-refractivity contribution is -0.118. The van der Waals surface area contributed by atoms with Gasteiger partial charge in [0, 0.05) is 11.2 Å². The molecular weight excluding hydrogens is 414 g/mol. The molecule has 2 aromatic carbocycles. The molecule has 0 aliphatic carbocycles. The summed E-state index contributed by atoms with van der Waals surface area (Å²) in [5.74, 6) is -0.00425. The first-order chi connectivity index (χ1) is 14.4. The fourth-order valence-electron chi connectivity index (χ4n) is 3.48. The molecule has 6 heteroatoms. The maximum Gasteiger partial charge on any atom is 0.233 e. The Kier molecular flexibility index (Phi) is 5.84. The van der Waals surface area contributed by atoms with E-state index in [0.717, 1.165) is 32.6 Å². The number of rotatable bonds is 5. The number of anilines is 1. The molecule has 152 valence electrons. The SMILES string of the molecule is Cc1ccc(CC(=O)N(Cc2ccccn2)c2nc3c(C)cc(Cl)cc3s2)c(C)c1. The minimum Gasteiger partial charge on any atom is -0.282 e. The maximum atomic E-state index is 13.4. The number of benzene rings is 2. The first-order valence-electron chi connectivity index (χ1n) is 9.74. The second kappa shape index (κ2) is 8.54. The normalized spacial score (nSPS) is 11.1. The van der Waals surface area contributed by atoms with Gasteiger partial charge in [-0.2, -0.15) is 0 Å². The van der Waals surface area contributed by atoms with E-state index in [2.05, 4.69) is 18.0 Å². The number of hydrogen-bond acceptors (Lipinski definition) is 4. The molecule has 30 heavy (non-hydrogen) atoms. The van der Waals surface area contributed by atoms with E-state index in [9.17, 15) is 4.79 Å². The van der Waals surface area contributed by atoms with Gasteiger partial charge in [0.2, 0.25) is 5.91 Å². The fraction of sp³-hybridized carbons (Fsp3) is 0.208. The highest BCUT2D eigenvalue weighted by Gasteiger charge is 2.22. The molecular formula is C24H22ClN3OS. The molecule has 0 radical (unpaired) electrons. The van der Waals surface area contributed by atoms with Crippen molar-refractivity contribution in [2.24, 2.45) is 0 Å². The second-order valence-corrected chi connectivity index (χ2v) is 8.92. The van der Waals surface area contributed by atoms with Gasteiger partial charge in [0.05, 0.1) is 28.9 Å². The molecule has 1 amide bonds. The first kappa shape index (κ1) is 20.5. The number of thiazole rings is 1. The van der Waals surface area contributed by atoms with Crippen LogP contribution in [0.15, 0.2) is 54.7 Å². The largest absolute Gasteiger partial charge is 0.282 e. The van der Waals surface area contributed by atoms with Gasteiger partial charge in [-0.05, 0) is 61.7 Å². The third-order valence-corrected chi connectivity index (χ3v) is 6.30. The summed E-state index contributed by atoms with van der Waals surface area (Å²) in [6, 6.07) is 15.7. The van der Waals surface area contributed by atoms with Crippen LogP contribution in [-0.4, -0.2) is 15.9 Å². The Balaban J connectivity index is 1.72. The maximum absolute atomic E-state index is 13.4. The first-order valence-corrected chi connectivity index (χ1v) is 10.9. The monoisotopic (exact) mass is 435 g/mol. The molecule has 0 fully saturated rings. The predicted octanol–water partition coefficient (Wildman–Crippen LogP) is 6.05. The van der Waals surface area contributed by atoms with Gasteiger partial charge >= 0.3 is 0 Å². The number of pyridine rings is 1. The average Bonchev–Trinajstić information content (AvgIpc) is 3.13. The van der Waals surface area contributed by atoms with Crippen molar-refractivity contribution >= 4 is 44.2 Å². The molecule has 2 heterocycles. The van der Waals surface area contributed by atoms with E-state index in [4.69, 9.17) is 16.6 Å². The minimum absolute atomic E-state index is 0.00425. The number of carbonyl (C=O) groups excluding carboxylic acids is 1. The Morgan fingerprint density at radius 3 is 2.63 bits per heavy atom. The number of halogens is 1. The lowest BCUT2D eigenvalue weighted by Crippen LogP contribution is -2.32. The van der Waals surface area contributed by atoms with Crippen LogP contribution in [0.25, 0.3) is 10.2 Å². The van der Waals surface area contributed by atoms with E-state index < -0.39 is 0 Å². The Labute approximate surface area is 185 Å². The van der Waals surface area contributed by atoms with E-state index >= 15 is 0 Å². The lowest BCUT2D eigenvalue weighted by Gasteiger charge is -2.20. The average molecular weight is 436 g/mol. The van der Waals surface area contributed by atoms with Crippen molar-refractivity contribution < 1.29 is 4.79 Å². The van der Waals surface area contributed by atoms with Crippen molar-refractivity contribution in [2.75, 3.05) is 4.90 Å². The smallest absolute Gasteiger partial charge is 0.233 e. The van der Waals surface area contributed by atoms with Crippen LogP contribution in [0.4, 0.5) is 5.13 Å². The van der Waals surface area contributed by atoms with Gasteiger partial charge in [-0.15, -0.1) is 0 Å². The molecule has 0 unspecified atom stereocenters. The summed E-state index contributed by atoms with van der Waals surface area (Å²) in [6.45, 7) is 6.46. The summed E-state index contributed by atoms with van der Waals surface area (Å²) < 4.78 is 0.973. The molecule has 0 aliphatic rings. The topological polar surface area (TPSA) is 46.1 Å². The fourth-order valence-corrected chi connectivity index (χ4v) is 4.91. The van der Waals surface area contributed by atoms with Gasteiger partial charge in [0.1, 0.15) is 0 Å². The van der Waals surface area contributed by atoms with Gasteiger partial charge in [-0.3, -0.25) is 14.7 Å². The van der Waals surface area contributed by atoms with Gasteiger partial charge in [-0.1, -0.05) is 52.8 Å². The van der Waals surface area contributed by atoms with Gasteiger partial charge in [0.25, 0.3) is 0 Å². The van der Waals surface area contributed by atoms with E-state index in [0.29, 0.717) is 23.1 Å². The summed E-state index contributed by atoms with van der Waals surface area (Å²) in [5, 5.41) is 1.34. The van der Waals surface area contributed by atoms with Crippen LogP contribution < -0.4 is 4.90 Å². The van der Waals surface area contributed by atoms with Crippen molar-refractivity contribution in [1.82, 2.24) is 9.97 Å². The van der Waals surface area contributed by atoms with Gasteiger partial charge in [-0.25, -0.2) is 4.98 Å². The molecule has 0 aliphatic heterocycles. The summed E-state index contributed by atoms with van der Waals surface area (Å²) in [4.78, 5) is 24.4. The number of nitrogens with zero attached hydrogens (tertiary/aromatic N) is 3. The van der Waals surface area contributed by atoms with Crippen LogP contribution >= 0.6 is 22.9 Å². The summed E-state index contributed by atoms with van der Waals surface area (Å²) in [6.07, 6.45) is 2.05. The standard InChI is InChI=1S/C24H22ClN3OS/c1-15-7-8-18(16(2)10-15)12-22(29)28(14-20-6-4-5-9-26-20)24-27-23-17(3)11-19(25)13-21(23)30-24/h4-11,13H,12,14H2,1-3H3. The second-order valence-electron chi connectivity index (χ2n) is 7.47. The van der Waals surface area contributed by atoms with Crippen LogP contribution in [-0.2, 0) is 17.8 Å². The number of fused-ring (bicyclic) bond motifs is 1. The quantitative estimate of drug-likeness (QED) is 0.383. The van der Waals surface area contributed by atoms with E-state index in [-0.39, 0.29) is 5.91 Å². The number of hydrogen-bond donors (Lipinski definition) is 0. The molecule has 0 saturated carbocycles. The van der Waals surface area contributed by atoms with Crippen LogP contribution in [0.2, 0.25) is 5.02 Å². The Morgan fingerprint density at radius 2 is 1.90 bits per heavy atom. The predicted molar refractivity (Wildman–Crippen MR) is 124 cm³/mol. The lowest BCUT2D eigenvalue weighted by atomic mass is 10.0.